The molecule has 1 aliphatic heterocycles. The van der Waals surface area contributed by atoms with Gasteiger partial charge in [0.2, 0.25) is 0 Å². The number of rotatable bonds is 7. The van der Waals surface area contributed by atoms with Crippen molar-refractivity contribution in [3.05, 3.63) is 0 Å². The van der Waals surface area contributed by atoms with Gasteiger partial charge in [0.05, 0.1) is 12.5 Å². The Balaban J connectivity index is 2.74. The Labute approximate surface area is 124 Å². The molecule has 21 heavy (non-hydrogen) atoms. The van der Waals surface area contributed by atoms with Gasteiger partial charge in [0.1, 0.15) is 6.04 Å². The van der Waals surface area contributed by atoms with Crippen LogP contribution >= 0.6 is 0 Å². The van der Waals surface area contributed by atoms with Gasteiger partial charge in [0.15, 0.2) is 0 Å². The van der Waals surface area contributed by atoms with E-state index in [4.69, 9.17) is 9.84 Å². The number of piperidine rings is 1. The second-order valence-electron chi connectivity index (χ2n) is 4.87. The Morgan fingerprint density at radius 3 is 2.62 bits per heavy atom. The highest BCUT2D eigenvalue weighted by Gasteiger charge is 2.34. The van der Waals surface area contributed by atoms with Crippen molar-refractivity contribution < 1.29 is 27.9 Å². The van der Waals surface area contributed by atoms with Crippen LogP contribution in [0.25, 0.3) is 0 Å². The smallest absolute Gasteiger partial charge is 0.321 e. The molecule has 122 valence electrons. The van der Waals surface area contributed by atoms with Gasteiger partial charge < -0.3 is 9.84 Å². The Bertz CT molecular complexity index is 478. The quantitative estimate of drug-likeness (QED) is 0.636. The topological polar surface area (TPSA) is 113 Å². The van der Waals surface area contributed by atoms with Crippen LogP contribution in [0.1, 0.15) is 33.1 Å². The minimum Gasteiger partial charge on any atom is -0.480 e. The highest BCUT2D eigenvalue weighted by molar-refractivity contribution is 7.87. The third-order valence-corrected chi connectivity index (χ3v) is 4.94. The fraction of sp³-hybridized carbons (Fsp3) is 0.833. The van der Waals surface area contributed by atoms with Gasteiger partial charge in [-0.1, -0.05) is 6.92 Å². The van der Waals surface area contributed by atoms with Gasteiger partial charge in [-0.05, 0) is 26.2 Å². The Morgan fingerprint density at radius 1 is 1.43 bits per heavy atom. The molecule has 1 rings (SSSR count). The first-order valence-corrected chi connectivity index (χ1v) is 8.42. The van der Waals surface area contributed by atoms with Gasteiger partial charge in [-0.25, -0.2) is 0 Å². The number of nitrogens with zero attached hydrogens (tertiary/aromatic N) is 1. The number of esters is 1. The molecule has 0 radical (unpaired) electrons. The molecule has 2 N–H and O–H groups in total. The van der Waals surface area contributed by atoms with E-state index in [1.54, 1.807) is 13.8 Å². The van der Waals surface area contributed by atoms with Crippen LogP contribution in [0, 0.1) is 5.92 Å². The minimum absolute atomic E-state index is 0.0181. The maximum atomic E-state index is 12.2. The van der Waals surface area contributed by atoms with Crippen molar-refractivity contribution in [3.63, 3.8) is 0 Å². The highest BCUT2D eigenvalue weighted by Crippen LogP contribution is 2.20. The standard InChI is InChI=1S/C12H22N2O6S/c1-3-10(11(15)16)13-21(18,19)14-7-5-6-9(8-14)12(17)20-4-2/h9-10,13H,3-8H2,1-2H3,(H,15,16)/t9?,10-/m0/s1. The number of nitrogens with one attached hydrogen (secondary N) is 1. The zero-order valence-corrected chi connectivity index (χ0v) is 13.1. The second-order valence-corrected chi connectivity index (χ2v) is 6.57. The van der Waals surface area contributed by atoms with E-state index in [9.17, 15) is 18.0 Å². The molecule has 0 aliphatic carbocycles. The lowest BCUT2D eigenvalue weighted by Crippen LogP contribution is -2.51. The van der Waals surface area contributed by atoms with E-state index in [1.165, 1.54) is 0 Å². The third-order valence-electron chi connectivity index (χ3n) is 3.34. The molecule has 0 aromatic rings. The van der Waals surface area contributed by atoms with Crippen molar-refractivity contribution >= 4 is 22.1 Å². The number of hydrogen-bond donors (Lipinski definition) is 2. The van der Waals surface area contributed by atoms with E-state index < -0.39 is 34.1 Å². The summed E-state index contributed by atoms with van der Waals surface area (Å²) in [7, 11) is -3.93. The third kappa shape index (κ3) is 4.94. The first kappa shape index (κ1) is 17.9. The molecule has 1 fully saturated rings. The molecule has 9 heteroatoms. The Kier molecular flexibility index (Phi) is 6.56. The molecule has 0 saturated carbocycles. The van der Waals surface area contributed by atoms with E-state index in [-0.39, 0.29) is 26.1 Å². The lowest BCUT2D eigenvalue weighted by atomic mass is 10.0. The molecule has 0 spiro atoms. The lowest BCUT2D eigenvalue weighted by molar-refractivity contribution is -0.149. The monoisotopic (exact) mass is 322 g/mol. The van der Waals surface area contributed by atoms with Gasteiger partial charge in [-0.15, -0.1) is 0 Å². The molecular formula is C12H22N2O6S. The van der Waals surface area contributed by atoms with E-state index in [0.29, 0.717) is 12.8 Å². The van der Waals surface area contributed by atoms with E-state index in [0.717, 1.165) is 4.31 Å². The number of carboxylic acids is 1. The van der Waals surface area contributed by atoms with Crippen LogP contribution in [-0.4, -0.2) is 55.5 Å². The van der Waals surface area contributed by atoms with Crippen molar-refractivity contribution in [1.29, 1.82) is 0 Å². The largest absolute Gasteiger partial charge is 0.480 e. The summed E-state index contributed by atoms with van der Waals surface area (Å²) in [6, 6.07) is -1.17. The summed E-state index contributed by atoms with van der Waals surface area (Å²) in [6.07, 6.45) is 1.25. The van der Waals surface area contributed by atoms with Gasteiger partial charge in [-0.3, -0.25) is 9.59 Å². The molecule has 1 saturated heterocycles. The highest BCUT2D eigenvalue weighted by atomic mass is 32.2. The van der Waals surface area contributed by atoms with Crippen molar-refractivity contribution in [2.24, 2.45) is 5.92 Å². The summed E-state index contributed by atoms with van der Waals surface area (Å²) in [5, 5.41) is 8.93. The number of carboxylic acid groups (broad SMARTS) is 1. The van der Waals surface area contributed by atoms with E-state index in [1.807, 2.05) is 0 Å². The fourth-order valence-corrected chi connectivity index (χ4v) is 3.70. The van der Waals surface area contributed by atoms with Crippen molar-refractivity contribution in [3.8, 4) is 0 Å². The summed E-state index contributed by atoms with van der Waals surface area (Å²) < 4.78 is 32.5. The van der Waals surface area contributed by atoms with Crippen LogP contribution in [0.3, 0.4) is 0 Å². The predicted octanol–water partition coefficient (Wildman–Crippen LogP) is -0.0409. The maximum Gasteiger partial charge on any atom is 0.321 e. The van der Waals surface area contributed by atoms with Crippen LogP contribution in [0.2, 0.25) is 0 Å². The number of carbonyl (C=O) groups excluding carboxylic acids is 1. The molecular weight excluding hydrogens is 300 g/mol. The van der Waals surface area contributed by atoms with E-state index in [2.05, 4.69) is 4.72 Å². The number of ether oxygens (including phenoxy) is 1. The molecule has 0 aromatic carbocycles. The van der Waals surface area contributed by atoms with Gasteiger partial charge >= 0.3 is 11.9 Å². The van der Waals surface area contributed by atoms with Crippen LogP contribution in [0.15, 0.2) is 0 Å². The fourth-order valence-electron chi connectivity index (χ4n) is 2.18. The zero-order chi connectivity index (χ0) is 16.0. The SMILES string of the molecule is CCOC(=O)C1CCCN(S(=O)(=O)N[C@@H](CC)C(=O)O)C1. The summed E-state index contributed by atoms with van der Waals surface area (Å²) >= 11 is 0. The summed E-state index contributed by atoms with van der Waals surface area (Å²) in [4.78, 5) is 22.6. The van der Waals surface area contributed by atoms with Crippen molar-refractivity contribution in [2.45, 2.75) is 39.2 Å². The summed E-state index contributed by atoms with van der Waals surface area (Å²) in [5.41, 5.74) is 0. The van der Waals surface area contributed by atoms with Crippen molar-refractivity contribution in [2.75, 3.05) is 19.7 Å². The predicted molar refractivity (Wildman–Crippen MR) is 74.7 cm³/mol. The van der Waals surface area contributed by atoms with Gasteiger partial charge in [0.25, 0.3) is 10.2 Å². The molecule has 0 bridgehead atoms. The van der Waals surface area contributed by atoms with Crippen LogP contribution < -0.4 is 4.72 Å². The lowest BCUT2D eigenvalue weighted by Gasteiger charge is -2.31. The average Bonchev–Trinajstić information content (AvgIpc) is 2.45. The second kappa shape index (κ2) is 7.71. The molecule has 0 amide bonds. The number of hydrogen-bond acceptors (Lipinski definition) is 5. The summed E-state index contributed by atoms with van der Waals surface area (Å²) in [6.45, 7) is 3.80. The molecule has 1 unspecified atom stereocenters. The molecule has 0 aromatic heterocycles. The van der Waals surface area contributed by atoms with Gasteiger partial charge in [0, 0.05) is 13.1 Å². The van der Waals surface area contributed by atoms with Gasteiger partial charge in [-0.2, -0.15) is 17.4 Å². The average molecular weight is 322 g/mol. The van der Waals surface area contributed by atoms with Crippen LogP contribution in [0.4, 0.5) is 0 Å². The molecule has 8 nitrogen and oxygen atoms in total. The Morgan fingerprint density at radius 2 is 2.10 bits per heavy atom. The number of aliphatic carboxylic acids is 1. The molecule has 1 heterocycles. The normalized spacial score (nSPS) is 21.7. The summed E-state index contributed by atoms with van der Waals surface area (Å²) in [5.74, 6) is -2.14. The van der Waals surface area contributed by atoms with Crippen molar-refractivity contribution in [1.82, 2.24) is 9.03 Å². The minimum atomic E-state index is -3.93. The molecule has 2 atom stereocenters. The first-order valence-electron chi connectivity index (χ1n) is 6.98. The van der Waals surface area contributed by atoms with Crippen LogP contribution in [0.5, 0.6) is 0 Å². The molecule has 1 aliphatic rings. The zero-order valence-electron chi connectivity index (χ0n) is 12.2. The maximum absolute atomic E-state index is 12.2. The number of carbonyl (C=O) groups is 2. The van der Waals surface area contributed by atoms with Crippen LogP contribution in [-0.2, 0) is 24.5 Å². The van der Waals surface area contributed by atoms with E-state index >= 15 is 0 Å². The Hall–Kier alpha value is -1.19. The first-order chi connectivity index (χ1) is 9.81.